The molecule has 6 saturated carbocycles. The Bertz CT molecular complexity index is 2300. The van der Waals surface area contributed by atoms with Gasteiger partial charge in [-0.2, -0.15) is 0 Å². The topological polar surface area (TPSA) is 157 Å². The number of carbonyl (C=O) groups excluding carboxylic acids is 2. The average Bonchev–Trinajstić information content (AvgIpc) is 3.73. The number of ketones is 2. The number of allylic oxidation sites excluding steroid dienone is 2. The van der Waals surface area contributed by atoms with Gasteiger partial charge in [0.1, 0.15) is 17.6 Å². The molecule has 9 heteroatoms. The van der Waals surface area contributed by atoms with Crippen molar-refractivity contribution >= 4 is 17.3 Å². The van der Waals surface area contributed by atoms with Gasteiger partial charge in [-0.25, -0.2) is 0 Å². The molecule has 0 amide bonds. The van der Waals surface area contributed by atoms with Crippen LogP contribution in [0.15, 0.2) is 53.6 Å². The zero-order valence-corrected chi connectivity index (χ0v) is 43.3. The number of nitrogens with one attached hydrogen (secondary N) is 2. The highest BCUT2D eigenvalue weighted by Crippen LogP contribution is 2.78. The normalized spacial score (nSPS) is 39.2. The van der Waals surface area contributed by atoms with E-state index in [2.05, 4.69) is 69.5 Å². The van der Waals surface area contributed by atoms with Gasteiger partial charge in [0, 0.05) is 48.0 Å². The van der Waals surface area contributed by atoms with Crippen molar-refractivity contribution in [3.8, 4) is 5.75 Å². The van der Waals surface area contributed by atoms with Crippen molar-refractivity contribution in [2.24, 2.45) is 57.2 Å². The maximum Gasteiger partial charge on any atom is 0.160 e. The quantitative estimate of drug-likeness (QED) is 0.0801. The largest absolute Gasteiger partial charge is 0.508 e. The molecule has 7 aliphatic carbocycles. The number of carbonyl (C=O) groups is 2. The Balaban J connectivity index is 1.04. The number of fused-ring (bicyclic) bond motifs is 5. The third-order valence-corrected chi connectivity index (χ3v) is 21.6. The number of aromatic hydroxyl groups is 1. The Morgan fingerprint density at radius 3 is 2.30 bits per heavy atom. The summed E-state index contributed by atoms with van der Waals surface area (Å²) in [6.45, 7) is 14.6. The third kappa shape index (κ3) is 8.12. The van der Waals surface area contributed by atoms with Crippen LogP contribution in [-0.4, -0.2) is 70.4 Å². The van der Waals surface area contributed by atoms with Crippen molar-refractivity contribution < 1.29 is 29.6 Å². The molecule has 69 heavy (non-hydrogen) atoms. The molecule has 1 heterocycles. The fourth-order valence-electron chi connectivity index (χ4n) is 18.7. The molecule has 14 unspecified atom stereocenters. The first-order valence-electron chi connectivity index (χ1n) is 27.8. The molecule has 0 bridgehead atoms. The number of epoxide rings is 1. The molecule has 1 aliphatic heterocycles. The second kappa shape index (κ2) is 18.4. The van der Waals surface area contributed by atoms with E-state index in [1.54, 1.807) is 0 Å². The molecule has 7 N–H and O–H groups in total. The van der Waals surface area contributed by atoms with E-state index in [1.165, 1.54) is 43.2 Å². The monoisotopic (exact) mass is 946 g/mol. The molecule has 378 valence electrons. The van der Waals surface area contributed by atoms with Gasteiger partial charge < -0.3 is 36.4 Å². The minimum Gasteiger partial charge on any atom is -0.508 e. The van der Waals surface area contributed by atoms with Gasteiger partial charge in [0.25, 0.3) is 0 Å². The predicted octanol–water partition coefficient (Wildman–Crippen LogP) is 10.7. The molecule has 2 aromatic rings. The molecule has 0 aromatic heterocycles. The maximum absolute atomic E-state index is 15.5. The molecule has 14 atom stereocenters. The van der Waals surface area contributed by atoms with Gasteiger partial charge in [-0.15, -0.1) is 0 Å². The lowest BCUT2D eigenvalue weighted by molar-refractivity contribution is -0.217. The number of hydrogen-bond donors (Lipinski definition) is 6. The predicted molar refractivity (Wildman–Crippen MR) is 273 cm³/mol. The van der Waals surface area contributed by atoms with E-state index in [-0.39, 0.29) is 58.2 Å². The number of benzene rings is 2. The van der Waals surface area contributed by atoms with Gasteiger partial charge in [-0.05, 0) is 190 Å². The first-order valence-corrected chi connectivity index (χ1v) is 27.8. The summed E-state index contributed by atoms with van der Waals surface area (Å²) in [4.78, 5) is 30.9. The van der Waals surface area contributed by atoms with E-state index in [1.807, 2.05) is 32.2 Å². The van der Waals surface area contributed by atoms with Gasteiger partial charge >= 0.3 is 0 Å². The second-order valence-electron chi connectivity index (χ2n) is 25.6. The van der Waals surface area contributed by atoms with Crippen LogP contribution in [0.25, 0.3) is 0 Å². The summed E-state index contributed by atoms with van der Waals surface area (Å²) in [5.74, 6) is 2.15. The number of rotatable bonds is 14. The van der Waals surface area contributed by atoms with Crippen molar-refractivity contribution in [1.82, 2.24) is 10.6 Å². The summed E-state index contributed by atoms with van der Waals surface area (Å²) in [7, 11) is 1.92. The summed E-state index contributed by atoms with van der Waals surface area (Å²) in [5.41, 5.74) is 10.7. The fourth-order valence-corrected chi connectivity index (χ4v) is 18.7. The molecule has 7 fully saturated rings. The van der Waals surface area contributed by atoms with Crippen molar-refractivity contribution in [2.75, 3.05) is 19.3 Å². The molecular weight excluding hydrogens is 859 g/mol. The highest BCUT2D eigenvalue weighted by Gasteiger charge is 2.74. The van der Waals surface area contributed by atoms with Crippen molar-refractivity contribution in [3.05, 3.63) is 70.3 Å². The van der Waals surface area contributed by atoms with E-state index in [0.29, 0.717) is 55.4 Å². The second-order valence-corrected chi connectivity index (χ2v) is 25.6. The lowest BCUT2D eigenvalue weighted by Gasteiger charge is -2.73. The summed E-state index contributed by atoms with van der Waals surface area (Å²) < 4.78 is 6.73. The number of aliphatic hydroxyl groups is 2. The summed E-state index contributed by atoms with van der Waals surface area (Å²) in [6, 6.07) is 14.1. The first kappa shape index (κ1) is 49.5. The van der Waals surface area contributed by atoms with Gasteiger partial charge in [0.05, 0.1) is 17.8 Å². The van der Waals surface area contributed by atoms with E-state index in [4.69, 9.17) is 10.5 Å². The van der Waals surface area contributed by atoms with Crippen LogP contribution >= 0.6 is 0 Å². The Morgan fingerprint density at radius 1 is 0.855 bits per heavy atom. The summed E-state index contributed by atoms with van der Waals surface area (Å²) in [5, 5.41) is 41.9. The number of aliphatic hydroxyl groups excluding tert-OH is 2. The van der Waals surface area contributed by atoms with Crippen LogP contribution in [0, 0.1) is 57.2 Å². The van der Waals surface area contributed by atoms with E-state index in [0.717, 1.165) is 93.0 Å². The lowest BCUT2D eigenvalue weighted by Crippen LogP contribution is -2.72. The minimum absolute atomic E-state index is 0.0102. The van der Waals surface area contributed by atoms with Crippen LogP contribution in [0.2, 0.25) is 0 Å². The highest BCUT2D eigenvalue weighted by atomic mass is 16.6. The lowest BCUT2D eigenvalue weighted by atomic mass is 9.32. The van der Waals surface area contributed by atoms with Crippen LogP contribution in [0.5, 0.6) is 5.75 Å². The Kier molecular flexibility index (Phi) is 13.2. The van der Waals surface area contributed by atoms with Gasteiger partial charge in [-0.1, -0.05) is 90.0 Å². The standard InChI is InChI=1S/C60H87N3O6/c1-35(64)33-63-48-31-58(5)51(60(40-18-11-12-19-40)30-45(54(68)56(2,3)53(48)60)39-25-36(34-62-7)26-42(65)28-39)24-23-47-52(50(67)32-57(47,58)4)44(37-15-9-8-10-16-37)29-49(66)55-59(6,69-55)46-22-14-21-43(46)38-17-13-20-41(61)27-38/h13,17,20,25-28,35,37,40,43-46,48-49,51,53,55,62-66H,8-12,14-16,18-19,21-24,29-34,61H2,1-7H3. The zero-order valence-electron chi connectivity index (χ0n) is 43.3. The Hall–Kier alpha value is -3.08. The van der Waals surface area contributed by atoms with Crippen LogP contribution in [0.4, 0.5) is 5.69 Å². The van der Waals surface area contributed by atoms with Gasteiger partial charge in [-0.3, -0.25) is 9.59 Å². The van der Waals surface area contributed by atoms with E-state index in [9.17, 15) is 15.3 Å². The molecule has 2 aromatic carbocycles. The molecule has 8 aliphatic rings. The summed E-state index contributed by atoms with van der Waals surface area (Å²) in [6.07, 6.45) is 16.7. The molecule has 0 radical (unpaired) electrons. The van der Waals surface area contributed by atoms with Gasteiger partial charge in [0.2, 0.25) is 0 Å². The number of ether oxygens (including phenoxy) is 1. The Labute approximate surface area is 414 Å². The van der Waals surface area contributed by atoms with Crippen LogP contribution in [0.3, 0.4) is 0 Å². The van der Waals surface area contributed by atoms with Crippen molar-refractivity contribution in [1.29, 1.82) is 0 Å². The molecule has 10 rings (SSSR count). The third-order valence-electron chi connectivity index (χ3n) is 21.6. The van der Waals surface area contributed by atoms with Crippen LogP contribution < -0.4 is 16.4 Å². The number of nitrogens with two attached hydrogens (primary N) is 1. The van der Waals surface area contributed by atoms with E-state index >= 15 is 9.59 Å². The number of nitrogen functional groups attached to an aromatic ring is 1. The molecule has 0 spiro atoms. The Morgan fingerprint density at radius 2 is 1.59 bits per heavy atom. The minimum atomic E-state index is -0.680. The molecule has 9 nitrogen and oxygen atoms in total. The van der Waals surface area contributed by atoms with Crippen molar-refractivity contribution in [2.45, 2.75) is 205 Å². The van der Waals surface area contributed by atoms with E-state index < -0.39 is 28.6 Å². The van der Waals surface area contributed by atoms with Crippen LogP contribution in [0.1, 0.15) is 186 Å². The first-order chi connectivity index (χ1) is 32.9. The summed E-state index contributed by atoms with van der Waals surface area (Å²) >= 11 is 0. The number of hydrogen-bond acceptors (Lipinski definition) is 9. The van der Waals surface area contributed by atoms with Crippen molar-refractivity contribution in [3.63, 3.8) is 0 Å². The molecule has 1 saturated heterocycles. The SMILES string of the molecule is CNCc1cc(O)cc(C2CC3(C4CCCC4)C(C(NCC(C)O)CC4(C)C3CCC3=C(C(CC(O)C5OC5(C)C5CCCC5c5cccc(N)c5)C5CCCCC5)C(=O)CC34C)C(C)(C)C2=O)c1. The van der Waals surface area contributed by atoms with Crippen LogP contribution in [-0.2, 0) is 20.9 Å². The maximum atomic E-state index is 15.5. The average molecular weight is 946 g/mol. The number of phenolic OH excluding ortho intramolecular Hbond substituents is 1. The number of phenols is 1. The molecular formula is C60H87N3O6. The number of anilines is 1. The number of Topliss-reactive ketones (excluding diaryl/α,β-unsaturated/α-hetero) is 2. The van der Waals surface area contributed by atoms with Gasteiger partial charge in [0.15, 0.2) is 5.78 Å². The fraction of sp³-hybridized carbons (Fsp3) is 0.733. The zero-order chi connectivity index (χ0) is 48.8. The smallest absolute Gasteiger partial charge is 0.160 e. The highest BCUT2D eigenvalue weighted by molar-refractivity contribution is 6.01.